The number of rotatable bonds is 3. The van der Waals surface area contributed by atoms with Crippen LogP contribution in [-0.2, 0) is 14.8 Å². The van der Waals surface area contributed by atoms with Crippen molar-refractivity contribution in [3.8, 4) is 6.07 Å². The lowest BCUT2D eigenvalue weighted by atomic mass is 9.80. The molecule has 0 aliphatic carbocycles. The monoisotopic (exact) mass is 350 g/mol. The van der Waals surface area contributed by atoms with Gasteiger partial charge in [0.2, 0.25) is 10.0 Å². The molecule has 0 radical (unpaired) electrons. The molecule has 3 rings (SSSR count). The van der Waals surface area contributed by atoms with E-state index in [0.717, 1.165) is 6.42 Å². The Labute approximate surface area is 142 Å². The highest BCUT2D eigenvalue weighted by molar-refractivity contribution is 7.89. The van der Waals surface area contributed by atoms with Crippen LogP contribution in [-0.4, -0.2) is 49.2 Å². The minimum Gasteiger partial charge on any atom is -0.390 e. The maximum Gasteiger partial charge on any atom is 0.243 e. The number of hydrogen-bond acceptors (Lipinski definition) is 5. The zero-order valence-corrected chi connectivity index (χ0v) is 14.5. The van der Waals surface area contributed by atoms with E-state index in [1.807, 2.05) is 6.07 Å². The van der Waals surface area contributed by atoms with Gasteiger partial charge in [0.05, 0.1) is 28.7 Å². The van der Waals surface area contributed by atoms with Gasteiger partial charge in [-0.2, -0.15) is 9.57 Å². The van der Waals surface area contributed by atoms with Crippen molar-refractivity contribution in [1.82, 2.24) is 4.31 Å². The summed E-state index contributed by atoms with van der Waals surface area (Å²) in [5.41, 5.74) is -0.616. The van der Waals surface area contributed by atoms with Crippen molar-refractivity contribution in [3.63, 3.8) is 0 Å². The van der Waals surface area contributed by atoms with Crippen molar-refractivity contribution < 1.29 is 18.3 Å². The molecule has 2 saturated heterocycles. The first kappa shape index (κ1) is 17.4. The number of aliphatic hydroxyl groups is 1. The second-order valence-electron chi connectivity index (χ2n) is 6.75. The molecule has 24 heavy (non-hydrogen) atoms. The van der Waals surface area contributed by atoms with Crippen LogP contribution in [0, 0.1) is 17.2 Å². The first-order valence-electron chi connectivity index (χ1n) is 8.18. The fraction of sp³-hybridized carbons (Fsp3) is 0.588. The Balaban J connectivity index is 1.93. The first-order chi connectivity index (χ1) is 11.4. The summed E-state index contributed by atoms with van der Waals surface area (Å²) in [5.74, 6) is -0.248. The Bertz CT molecular complexity index is 754. The Morgan fingerprint density at radius 2 is 2.25 bits per heavy atom. The van der Waals surface area contributed by atoms with Crippen LogP contribution in [0.1, 0.15) is 31.7 Å². The average Bonchev–Trinajstić information content (AvgIpc) is 3.04. The average molecular weight is 350 g/mol. The normalized spacial score (nSPS) is 31.7. The molecule has 2 aliphatic heterocycles. The van der Waals surface area contributed by atoms with Gasteiger partial charge in [-0.3, -0.25) is 0 Å². The molecule has 0 spiro atoms. The van der Waals surface area contributed by atoms with Crippen molar-refractivity contribution in [2.45, 2.75) is 42.7 Å². The molecule has 130 valence electrons. The molecule has 0 amide bonds. The summed E-state index contributed by atoms with van der Waals surface area (Å²) in [4.78, 5) is 0.129. The second kappa shape index (κ2) is 6.45. The molecule has 1 aromatic carbocycles. The smallest absolute Gasteiger partial charge is 0.243 e. The Morgan fingerprint density at radius 1 is 1.46 bits per heavy atom. The van der Waals surface area contributed by atoms with Gasteiger partial charge < -0.3 is 9.84 Å². The van der Waals surface area contributed by atoms with Crippen LogP contribution in [0.5, 0.6) is 0 Å². The highest BCUT2D eigenvalue weighted by atomic mass is 32.2. The molecule has 1 N–H and O–H groups in total. The van der Waals surface area contributed by atoms with Crippen LogP contribution in [0.25, 0.3) is 0 Å². The summed E-state index contributed by atoms with van der Waals surface area (Å²) in [7, 11) is -3.70. The van der Waals surface area contributed by atoms with E-state index in [1.54, 1.807) is 19.1 Å². The molecule has 3 atom stereocenters. The zero-order chi connectivity index (χ0) is 17.4. The van der Waals surface area contributed by atoms with Gasteiger partial charge in [0.15, 0.2) is 0 Å². The van der Waals surface area contributed by atoms with E-state index in [2.05, 4.69) is 0 Å². The summed E-state index contributed by atoms with van der Waals surface area (Å²) < 4.78 is 33.1. The number of sulfonamides is 1. The highest BCUT2D eigenvalue weighted by Gasteiger charge is 2.47. The topological polar surface area (TPSA) is 90.6 Å². The van der Waals surface area contributed by atoms with Gasteiger partial charge >= 0.3 is 0 Å². The van der Waals surface area contributed by atoms with Crippen LogP contribution in [0.4, 0.5) is 0 Å². The quantitative estimate of drug-likeness (QED) is 0.892. The van der Waals surface area contributed by atoms with E-state index in [0.29, 0.717) is 38.2 Å². The fourth-order valence-corrected chi connectivity index (χ4v) is 5.48. The van der Waals surface area contributed by atoms with Gasteiger partial charge in [0.1, 0.15) is 0 Å². The maximum absolute atomic E-state index is 13.1. The van der Waals surface area contributed by atoms with Crippen LogP contribution < -0.4 is 0 Å². The molecule has 0 saturated carbocycles. The zero-order valence-electron chi connectivity index (χ0n) is 13.7. The fourth-order valence-electron chi connectivity index (χ4n) is 3.71. The molecular weight excluding hydrogens is 328 g/mol. The van der Waals surface area contributed by atoms with Crippen molar-refractivity contribution >= 4 is 10.0 Å². The number of hydrogen-bond donors (Lipinski definition) is 1. The van der Waals surface area contributed by atoms with Gasteiger partial charge in [0, 0.05) is 25.1 Å². The van der Waals surface area contributed by atoms with Crippen LogP contribution in [0.3, 0.4) is 0 Å². The Hall–Kier alpha value is -1.46. The van der Waals surface area contributed by atoms with Gasteiger partial charge in [-0.25, -0.2) is 8.42 Å². The summed E-state index contributed by atoms with van der Waals surface area (Å²) in [6.45, 7) is 3.05. The Morgan fingerprint density at radius 3 is 2.96 bits per heavy atom. The largest absolute Gasteiger partial charge is 0.390 e. The van der Waals surface area contributed by atoms with E-state index in [9.17, 15) is 13.5 Å². The van der Waals surface area contributed by atoms with E-state index < -0.39 is 15.6 Å². The Kier molecular flexibility index (Phi) is 4.67. The van der Waals surface area contributed by atoms with Crippen LogP contribution in [0.2, 0.25) is 0 Å². The van der Waals surface area contributed by atoms with Crippen molar-refractivity contribution in [1.29, 1.82) is 5.26 Å². The summed E-state index contributed by atoms with van der Waals surface area (Å²) in [5, 5.41) is 19.7. The number of nitriles is 1. The molecule has 0 bridgehead atoms. The molecule has 2 fully saturated rings. The van der Waals surface area contributed by atoms with Crippen molar-refractivity contribution in [2.24, 2.45) is 5.92 Å². The first-order valence-corrected chi connectivity index (χ1v) is 9.62. The third-order valence-electron chi connectivity index (χ3n) is 5.13. The maximum atomic E-state index is 13.1. The van der Waals surface area contributed by atoms with E-state index in [-0.39, 0.29) is 16.9 Å². The van der Waals surface area contributed by atoms with Crippen molar-refractivity contribution in [2.75, 3.05) is 19.8 Å². The van der Waals surface area contributed by atoms with Gasteiger partial charge in [0.25, 0.3) is 0 Å². The predicted molar refractivity (Wildman–Crippen MR) is 87.6 cm³/mol. The van der Waals surface area contributed by atoms with Crippen molar-refractivity contribution in [3.05, 3.63) is 29.8 Å². The predicted octanol–water partition coefficient (Wildman–Crippen LogP) is 1.50. The third kappa shape index (κ3) is 3.07. The minimum atomic E-state index is -3.70. The van der Waals surface area contributed by atoms with Crippen LogP contribution >= 0.6 is 0 Å². The molecule has 0 aromatic heterocycles. The number of nitrogens with zero attached hydrogens (tertiary/aromatic N) is 2. The lowest BCUT2D eigenvalue weighted by Crippen LogP contribution is -2.53. The molecule has 3 unspecified atom stereocenters. The minimum absolute atomic E-state index is 0.129. The number of ether oxygens (including phenoxy) is 1. The molecular formula is C17H22N2O4S. The summed E-state index contributed by atoms with van der Waals surface area (Å²) >= 11 is 0. The molecule has 6 nitrogen and oxygen atoms in total. The SMILES string of the molecule is CC1(O)CCOCC1C1CCCN1S(=O)(=O)c1cccc(C#N)c1. The lowest BCUT2D eigenvalue weighted by molar-refractivity contribution is -0.116. The second-order valence-corrected chi connectivity index (χ2v) is 8.64. The van der Waals surface area contributed by atoms with E-state index in [1.165, 1.54) is 16.4 Å². The van der Waals surface area contributed by atoms with Gasteiger partial charge in [-0.15, -0.1) is 0 Å². The summed E-state index contributed by atoms with van der Waals surface area (Å²) in [6.07, 6.45) is 1.97. The highest BCUT2D eigenvalue weighted by Crippen LogP contribution is 2.38. The van der Waals surface area contributed by atoms with Gasteiger partial charge in [-0.1, -0.05) is 6.07 Å². The summed E-state index contributed by atoms with van der Waals surface area (Å²) in [6, 6.07) is 7.77. The van der Waals surface area contributed by atoms with Gasteiger partial charge in [-0.05, 0) is 44.4 Å². The molecule has 2 aliphatic rings. The van der Waals surface area contributed by atoms with E-state index >= 15 is 0 Å². The lowest BCUT2D eigenvalue weighted by Gasteiger charge is -2.42. The molecule has 1 aromatic rings. The molecule has 2 heterocycles. The standard InChI is InChI=1S/C17H22N2O4S/c1-17(20)7-9-23-12-15(17)16-6-3-8-19(16)24(21,22)14-5-2-4-13(10-14)11-18/h2,4-5,10,15-16,20H,3,6-9,12H2,1H3. The van der Waals surface area contributed by atoms with Crippen LogP contribution in [0.15, 0.2) is 29.2 Å². The van der Waals surface area contributed by atoms with E-state index in [4.69, 9.17) is 10.00 Å². The number of benzene rings is 1. The third-order valence-corrected chi connectivity index (χ3v) is 7.05. The molecule has 7 heteroatoms.